The number of ether oxygens (including phenoxy) is 3. The number of carbonyl (C=O) groups excluding carboxylic acids is 2. The Kier molecular flexibility index (Phi) is 55.3. The average Bonchev–Trinajstić information content (AvgIpc) is 3.47. The van der Waals surface area contributed by atoms with Crippen LogP contribution in [0, 0.1) is 0 Å². The minimum atomic E-state index is -1.58. The van der Waals surface area contributed by atoms with Crippen LogP contribution in [0.4, 0.5) is 0 Å². The number of hydrogen-bond donors (Lipinski definition) is 6. The van der Waals surface area contributed by atoms with Gasteiger partial charge in [0.15, 0.2) is 6.29 Å². The van der Waals surface area contributed by atoms with Crippen molar-refractivity contribution in [2.24, 2.45) is 0 Å². The Morgan fingerprint density at radius 3 is 1.36 bits per heavy atom. The summed E-state index contributed by atoms with van der Waals surface area (Å²) in [5.74, 6) is -0.211. The van der Waals surface area contributed by atoms with Crippen LogP contribution >= 0.6 is 0 Å². The number of rotatable bonds is 58. The van der Waals surface area contributed by atoms with Crippen LogP contribution in [0.2, 0.25) is 0 Å². The summed E-state index contributed by atoms with van der Waals surface area (Å²) in [5.41, 5.74) is 0. The van der Waals surface area contributed by atoms with Gasteiger partial charge in [-0.3, -0.25) is 9.59 Å². The molecule has 1 saturated heterocycles. The molecule has 6 N–H and O–H groups in total. The molecule has 1 fully saturated rings. The van der Waals surface area contributed by atoms with Gasteiger partial charge in [0.1, 0.15) is 24.4 Å². The quantitative estimate of drug-likeness (QED) is 0.0195. The van der Waals surface area contributed by atoms with Crippen molar-refractivity contribution in [1.82, 2.24) is 5.32 Å². The number of esters is 1. The molecular formula is C70H125NO10. The molecule has 0 aliphatic carbocycles. The minimum Gasteiger partial charge on any atom is -0.466 e. The third-order valence-corrected chi connectivity index (χ3v) is 15.5. The molecule has 81 heavy (non-hydrogen) atoms. The molecule has 11 nitrogen and oxygen atoms in total. The molecule has 0 spiro atoms. The molecule has 0 aromatic rings. The predicted octanol–water partition coefficient (Wildman–Crippen LogP) is 16.7. The van der Waals surface area contributed by atoms with Crippen molar-refractivity contribution >= 4 is 11.9 Å². The molecule has 1 aliphatic rings. The van der Waals surface area contributed by atoms with E-state index in [1.807, 2.05) is 6.08 Å². The average molecular weight is 1140 g/mol. The van der Waals surface area contributed by atoms with Crippen molar-refractivity contribution in [2.45, 2.75) is 339 Å². The van der Waals surface area contributed by atoms with Crippen LogP contribution in [0.15, 0.2) is 72.9 Å². The summed E-state index contributed by atoms with van der Waals surface area (Å²) in [4.78, 5) is 25.1. The summed E-state index contributed by atoms with van der Waals surface area (Å²) in [5, 5.41) is 54.2. The van der Waals surface area contributed by atoms with Gasteiger partial charge in [0.25, 0.3) is 0 Å². The summed E-state index contributed by atoms with van der Waals surface area (Å²) in [6.45, 7) is 4.19. The van der Waals surface area contributed by atoms with E-state index < -0.39 is 49.5 Å². The topological polar surface area (TPSA) is 175 Å². The fraction of sp³-hybridized carbons (Fsp3) is 0.800. The van der Waals surface area contributed by atoms with Crippen molar-refractivity contribution in [2.75, 3.05) is 19.8 Å². The van der Waals surface area contributed by atoms with Crippen LogP contribution in [0.3, 0.4) is 0 Å². The SMILES string of the molecule is CC/C=C/CC/C=C/CC/C=C/C(O)C(COC1OC(CO)C(O)C(O)C1O)NC(=O)CCCCCCCCCCC/C=C\C/C=C\CCCCCCCCCCCOC(=O)CCCCCCCCC/C=C\CCCCCCCCC. The van der Waals surface area contributed by atoms with Crippen LogP contribution in [0.25, 0.3) is 0 Å². The number of nitrogens with one attached hydrogen (secondary N) is 1. The maximum Gasteiger partial charge on any atom is 0.305 e. The van der Waals surface area contributed by atoms with E-state index in [0.717, 1.165) is 96.3 Å². The molecule has 470 valence electrons. The Morgan fingerprint density at radius 1 is 0.469 bits per heavy atom. The lowest BCUT2D eigenvalue weighted by atomic mass is 9.99. The van der Waals surface area contributed by atoms with Crippen LogP contribution in [0.5, 0.6) is 0 Å². The summed E-state index contributed by atoms with van der Waals surface area (Å²) < 4.78 is 16.7. The maximum atomic E-state index is 13.0. The third-order valence-electron chi connectivity index (χ3n) is 15.5. The second-order valence-electron chi connectivity index (χ2n) is 23.1. The Morgan fingerprint density at radius 2 is 0.877 bits per heavy atom. The highest BCUT2D eigenvalue weighted by molar-refractivity contribution is 5.76. The Labute approximate surface area is 496 Å². The lowest BCUT2D eigenvalue weighted by Gasteiger charge is -2.40. The van der Waals surface area contributed by atoms with Crippen molar-refractivity contribution in [1.29, 1.82) is 0 Å². The van der Waals surface area contributed by atoms with Gasteiger partial charge in [-0.2, -0.15) is 0 Å². The molecule has 7 atom stereocenters. The number of unbranched alkanes of at least 4 members (excludes halogenated alkanes) is 34. The van der Waals surface area contributed by atoms with Gasteiger partial charge in [-0.1, -0.05) is 247 Å². The number of aliphatic hydroxyl groups is 5. The first kappa shape index (κ1) is 76.1. The Balaban J connectivity index is 1.98. The maximum absolute atomic E-state index is 13.0. The molecular weight excluding hydrogens is 1010 g/mol. The van der Waals surface area contributed by atoms with Crippen molar-refractivity contribution < 1.29 is 49.3 Å². The molecule has 1 heterocycles. The normalized spacial score (nSPS) is 18.7. The fourth-order valence-electron chi connectivity index (χ4n) is 10.2. The highest BCUT2D eigenvalue weighted by atomic mass is 16.7. The van der Waals surface area contributed by atoms with Gasteiger partial charge >= 0.3 is 5.97 Å². The van der Waals surface area contributed by atoms with Gasteiger partial charge in [0.05, 0.1) is 32.0 Å². The van der Waals surface area contributed by atoms with Crippen molar-refractivity contribution in [3.63, 3.8) is 0 Å². The van der Waals surface area contributed by atoms with Crippen LogP contribution < -0.4 is 5.32 Å². The number of hydrogen-bond acceptors (Lipinski definition) is 10. The number of amides is 1. The molecule has 11 heteroatoms. The smallest absolute Gasteiger partial charge is 0.305 e. The standard InChI is InChI=1S/C70H125NO10/c1-3-5-7-9-11-13-15-16-17-18-29-32-35-38-42-46-50-54-58-66(75)79-59-55-51-47-43-39-36-33-30-27-25-23-21-19-20-22-24-26-28-31-34-37-41-45-49-53-57-65(74)71-62(61-80-70-69(78)68(77)67(76)64(60-72)81-70)63(73)56-52-48-44-40-14-12-10-8-6-4-2/h6,8,14,17-18,20-23,40,52,56,62-64,67-70,72-73,76-78H,3-5,7,9-13,15-16,19,24-39,41-51,53-55,57-61H2,1-2H3,(H,71,74)/b8-6+,18-17-,22-20-,23-21-,40-14+,56-52+. The van der Waals surface area contributed by atoms with Gasteiger partial charge in [-0.15, -0.1) is 0 Å². The van der Waals surface area contributed by atoms with E-state index in [1.165, 1.54) is 173 Å². The molecule has 1 aliphatic heterocycles. The van der Waals surface area contributed by atoms with Gasteiger partial charge in [-0.25, -0.2) is 0 Å². The third kappa shape index (κ3) is 48.1. The van der Waals surface area contributed by atoms with Crippen molar-refractivity contribution in [3.8, 4) is 0 Å². The van der Waals surface area contributed by atoms with Crippen LogP contribution in [-0.4, -0.2) is 100 Å². The molecule has 1 rings (SSSR count). The number of aliphatic hydroxyl groups excluding tert-OH is 5. The summed E-state index contributed by atoms with van der Waals surface area (Å²) >= 11 is 0. The molecule has 0 aromatic carbocycles. The van der Waals surface area contributed by atoms with Crippen LogP contribution in [-0.2, 0) is 23.8 Å². The Hall–Kier alpha value is -2.90. The Bertz CT molecular complexity index is 1580. The van der Waals surface area contributed by atoms with E-state index in [9.17, 15) is 35.1 Å². The molecule has 0 radical (unpaired) electrons. The second kappa shape index (κ2) is 58.9. The molecule has 0 aromatic heterocycles. The first-order chi connectivity index (χ1) is 39.7. The van der Waals surface area contributed by atoms with Gasteiger partial charge < -0.3 is 45.1 Å². The van der Waals surface area contributed by atoms with Gasteiger partial charge in [0.2, 0.25) is 5.91 Å². The zero-order valence-electron chi connectivity index (χ0n) is 52.0. The van der Waals surface area contributed by atoms with E-state index in [1.54, 1.807) is 6.08 Å². The second-order valence-corrected chi connectivity index (χ2v) is 23.1. The fourth-order valence-corrected chi connectivity index (χ4v) is 10.2. The first-order valence-electron chi connectivity index (χ1n) is 33.7. The van der Waals surface area contributed by atoms with E-state index in [0.29, 0.717) is 19.4 Å². The molecule has 1 amide bonds. The molecule has 7 unspecified atom stereocenters. The molecule has 0 bridgehead atoms. The van der Waals surface area contributed by atoms with Gasteiger partial charge in [-0.05, 0) is 109 Å². The lowest BCUT2D eigenvalue weighted by Crippen LogP contribution is -2.60. The van der Waals surface area contributed by atoms with E-state index >= 15 is 0 Å². The largest absolute Gasteiger partial charge is 0.466 e. The van der Waals surface area contributed by atoms with E-state index in [2.05, 4.69) is 79.9 Å². The zero-order valence-corrected chi connectivity index (χ0v) is 52.0. The van der Waals surface area contributed by atoms with Gasteiger partial charge in [0, 0.05) is 12.8 Å². The van der Waals surface area contributed by atoms with E-state index in [-0.39, 0.29) is 18.5 Å². The monoisotopic (exact) mass is 1140 g/mol. The summed E-state index contributed by atoms with van der Waals surface area (Å²) in [7, 11) is 0. The first-order valence-corrected chi connectivity index (χ1v) is 33.7. The summed E-state index contributed by atoms with van der Waals surface area (Å²) in [6.07, 6.45) is 69.0. The summed E-state index contributed by atoms with van der Waals surface area (Å²) in [6, 6.07) is -0.840. The zero-order chi connectivity index (χ0) is 58.7. The highest BCUT2D eigenvalue weighted by Gasteiger charge is 2.44. The predicted molar refractivity (Wildman–Crippen MR) is 338 cm³/mol. The van der Waals surface area contributed by atoms with E-state index in [4.69, 9.17) is 14.2 Å². The lowest BCUT2D eigenvalue weighted by molar-refractivity contribution is -0.302. The highest BCUT2D eigenvalue weighted by Crippen LogP contribution is 2.23. The minimum absolute atomic E-state index is 0.00576. The van der Waals surface area contributed by atoms with Crippen molar-refractivity contribution in [3.05, 3.63) is 72.9 Å². The van der Waals surface area contributed by atoms with Crippen LogP contribution in [0.1, 0.15) is 296 Å². The number of allylic oxidation sites excluding steroid dienone is 11. The number of carbonyl (C=O) groups is 2. The molecule has 0 saturated carbocycles.